The zero-order chi connectivity index (χ0) is 18.3. The van der Waals surface area contributed by atoms with Crippen molar-refractivity contribution in [2.75, 3.05) is 23.9 Å². The average Bonchev–Trinajstić information content (AvgIpc) is 3.27. The summed E-state index contributed by atoms with van der Waals surface area (Å²) in [6.45, 7) is 1.00. The van der Waals surface area contributed by atoms with Gasteiger partial charge >= 0.3 is 0 Å². The lowest BCUT2D eigenvalue weighted by atomic mass is 10.1. The Balaban J connectivity index is 1.56. The first kappa shape index (κ1) is 17.5. The lowest BCUT2D eigenvalue weighted by molar-refractivity contribution is 0.0727. The second kappa shape index (κ2) is 6.66. The van der Waals surface area contributed by atoms with Gasteiger partial charge in [0.15, 0.2) is 0 Å². The van der Waals surface area contributed by atoms with Gasteiger partial charge in [-0.2, -0.15) is 0 Å². The van der Waals surface area contributed by atoms with Crippen LogP contribution in [0.15, 0.2) is 35.7 Å². The minimum atomic E-state index is -3.57. The van der Waals surface area contributed by atoms with E-state index in [1.807, 2.05) is 24.3 Å². The SMILES string of the molecule is O=C(c1sccc1F)N1CCCC(S(=O)(=O)N2CCc3ccccc32)C1. The number of likely N-dealkylation sites (tertiary alicyclic amines) is 1. The van der Waals surface area contributed by atoms with Gasteiger partial charge in [0.2, 0.25) is 10.0 Å². The zero-order valence-electron chi connectivity index (χ0n) is 14.1. The van der Waals surface area contributed by atoms with Gasteiger partial charge in [0.05, 0.1) is 10.9 Å². The quantitative estimate of drug-likeness (QED) is 0.804. The third kappa shape index (κ3) is 2.91. The summed E-state index contributed by atoms with van der Waals surface area (Å²) < 4.78 is 41.6. The van der Waals surface area contributed by atoms with Crippen molar-refractivity contribution in [1.82, 2.24) is 4.90 Å². The summed E-state index contributed by atoms with van der Waals surface area (Å²) in [7, 11) is -3.57. The molecule has 0 aliphatic carbocycles. The molecular weight excluding hydrogens is 375 g/mol. The summed E-state index contributed by atoms with van der Waals surface area (Å²) in [5.41, 5.74) is 1.76. The molecule has 2 aromatic rings. The van der Waals surface area contributed by atoms with Gasteiger partial charge in [0.25, 0.3) is 5.91 Å². The van der Waals surface area contributed by atoms with Crippen molar-refractivity contribution in [2.24, 2.45) is 0 Å². The Hall–Kier alpha value is -1.93. The molecular formula is C18H19FN2O3S2. The Bertz CT molecular complexity index is 941. The molecule has 1 aromatic heterocycles. The van der Waals surface area contributed by atoms with Gasteiger partial charge < -0.3 is 4.90 Å². The third-order valence-electron chi connectivity index (χ3n) is 5.05. The summed E-state index contributed by atoms with van der Waals surface area (Å²) in [5, 5.41) is 0.872. The molecule has 1 unspecified atom stereocenters. The molecule has 1 saturated heterocycles. The van der Waals surface area contributed by atoms with E-state index < -0.39 is 27.0 Å². The van der Waals surface area contributed by atoms with Crippen LogP contribution in [0.3, 0.4) is 0 Å². The molecule has 0 spiro atoms. The first-order chi connectivity index (χ1) is 12.5. The van der Waals surface area contributed by atoms with Gasteiger partial charge in [-0.1, -0.05) is 18.2 Å². The molecule has 0 radical (unpaired) electrons. The second-order valence-electron chi connectivity index (χ2n) is 6.61. The van der Waals surface area contributed by atoms with E-state index in [1.54, 1.807) is 0 Å². The molecule has 1 atom stereocenters. The number of thiophene rings is 1. The van der Waals surface area contributed by atoms with Gasteiger partial charge in [-0.15, -0.1) is 11.3 Å². The Labute approximate surface area is 156 Å². The van der Waals surface area contributed by atoms with Gasteiger partial charge in [-0.25, -0.2) is 12.8 Å². The smallest absolute Gasteiger partial charge is 0.266 e. The van der Waals surface area contributed by atoms with Gasteiger partial charge in [-0.3, -0.25) is 9.10 Å². The molecule has 2 aliphatic rings. The zero-order valence-corrected chi connectivity index (χ0v) is 15.7. The minimum absolute atomic E-state index is 0.0505. The van der Waals surface area contributed by atoms with Crippen LogP contribution in [0, 0.1) is 5.82 Å². The molecule has 5 nitrogen and oxygen atoms in total. The number of benzene rings is 1. The molecule has 8 heteroatoms. The topological polar surface area (TPSA) is 57.7 Å². The highest BCUT2D eigenvalue weighted by atomic mass is 32.2. The second-order valence-corrected chi connectivity index (χ2v) is 9.66. The van der Waals surface area contributed by atoms with Gasteiger partial charge in [0.1, 0.15) is 10.7 Å². The number of hydrogen-bond donors (Lipinski definition) is 0. The van der Waals surface area contributed by atoms with E-state index in [-0.39, 0.29) is 11.4 Å². The highest BCUT2D eigenvalue weighted by molar-refractivity contribution is 7.93. The maximum atomic E-state index is 13.7. The molecule has 1 aromatic carbocycles. The molecule has 4 rings (SSSR count). The van der Waals surface area contributed by atoms with E-state index in [0.29, 0.717) is 32.4 Å². The Morgan fingerprint density at radius 1 is 1.19 bits per heavy atom. The molecule has 1 amide bonds. The number of hydrogen-bond acceptors (Lipinski definition) is 4. The van der Waals surface area contributed by atoms with E-state index >= 15 is 0 Å². The maximum Gasteiger partial charge on any atom is 0.266 e. The molecule has 26 heavy (non-hydrogen) atoms. The number of amides is 1. The fraction of sp³-hybridized carbons (Fsp3) is 0.389. The minimum Gasteiger partial charge on any atom is -0.336 e. The van der Waals surface area contributed by atoms with Crippen molar-refractivity contribution in [3.05, 3.63) is 52.0 Å². The average molecular weight is 394 g/mol. The van der Waals surface area contributed by atoms with Gasteiger partial charge in [-0.05, 0) is 42.3 Å². The highest BCUT2D eigenvalue weighted by Gasteiger charge is 2.39. The Morgan fingerprint density at radius 3 is 2.77 bits per heavy atom. The number of carbonyl (C=O) groups is 1. The van der Waals surface area contributed by atoms with E-state index in [1.165, 1.54) is 20.7 Å². The summed E-state index contributed by atoms with van der Waals surface area (Å²) in [6.07, 6.45) is 1.81. The van der Waals surface area contributed by atoms with Crippen LogP contribution in [-0.4, -0.2) is 44.1 Å². The molecule has 0 bridgehead atoms. The standard InChI is InChI=1S/C18H19FN2O3S2/c19-15-8-11-25-17(15)18(22)20-9-3-5-14(12-20)26(23,24)21-10-7-13-4-1-2-6-16(13)21/h1-2,4,6,8,11,14H,3,5,7,9-10,12H2. The molecule has 0 N–H and O–H groups in total. The van der Waals surface area contributed by atoms with E-state index in [4.69, 9.17) is 0 Å². The molecule has 0 saturated carbocycles. The fourth-order valence-electron chi connectivity index (χ4n) is 3.71. The molecule has 138 valence electrons. The van der Waals surface area contributed by atoms with Crippen LogP contribution >= 0.6 is 11.3 Å². The van der Waals surface area contributed by atoms with Crippen molar-refractivity contribution < 1.29 is 17.6 Å². The highest BCUT2D eigenvalue weighted by Crippen LogP contribution is 2.33. The van der Waals surface area contributed by atoms with Crippen LogP contribution in [0.25, 0.3) is 0 Å². The predicted octanol–water partition coefficient (Wildman–Crippen LogP) is 2.88. The molecule has 3 heterocycles. The maximum absolute atomic E-state index is 13.7. The lowest BCUT2D eigenvalue weighted by Gasteiger charge is -2.34. The van der Waals surface area contributed by atoms with Crippen LogP contribution in [-0.2, 0) is 16.4 Å². The largest absolute Gasteiger partial charge is 0.336 e. The van der Waals surface area contributed by atoms with E-state index in [2.05, 4.69) is 0 Å². The van der Waals surface area contributed by atoms with Crippen LogP contribution in [0.4, 0.5) is 10.1 Å². The number of fused-ring (bicyclic) bond motifs is 1. The van der Waals surface area contributed by atoms with Crippen LogP contribution in [0.1, 0.15) is 28.1 Å². The van der Waals surface area contributed by atoms with Crippen molar-refractivity contribution in [1.29, 1.82) is 0 Å². The number of piperidine rings is 1. The first-order valence-electron chi connectivity index (χ1n) is 8.60. The van der Waals surface area contributed by atoms with Crippen LogP contribution < -0.4 is 4.31 Å². The molecule has 2 aliphatic heterocycles. The van der Waals surface area contributed by atoms with Crippen molar-refractivity contribution in [3.63, 3.8) is 0 Å². The van der Waals surface area contributed by atoms with E-state index in [0.717, 1.165) is 22.6 Å². The normalized spacial score (nSPS) is 20.3. The van der Waals surface area contributed by atoms with E-state index in [9.17, 15) is 17.6 Å². The van der Waals surface area contributed by atoms with Crippen molar-refractivity contribution >= 4 is 33.0 Å². The van der Waals surface area contributed by atoms with Crippen molar-refractivity contribution in [2.45, 2.75) is 24.5 Å². The monoisotopic (exact) mass is 394 g/mol. The number of para-hydroxylation sites is 1. The lowest BCUT2D eigenvalue weighted by Crippen LogP contribution is -2.49. The van der Waals surface area contributed by atoms with Crippen LogP contribution in [0.2, 0.25) is 0 Å². The summed E-state index contributed by atoms with van der Waals surface area (Å²) >= 11 is 1.05. The number of carbonyl (C=O) groups excluding carboxylic acids is 1. The van der Waals surface area contributed by atoms with Crippen molar-refractivity contribution in [3.8, 4) is 0 Å². The summed E-state index contributed by atoms with van der Waals surface area (Å²) in [6, 6.07) is 8.78. The number of halogens is 1. The van der Waals surface area contributed by atoms with Gasteiger partial charge in [0, 0.05) is 19.6 Å². The predicted molar refractivity (Wildman–Crippen MR) is 99.6 cm³/mol. The number of sulfonamides is 1. The number of anilines is 1. The summed E-state index contributed by atoms with van der Waals surface area (Å²) in [4.78, 5) is 14.1. The Kier molecular flexibility index (Phi) is 4.48. The Morgan fingerprint density at radius 2 is 2.00 bits per heavy atom. The summed E-state index contributed by atoms with van der Waals surface area (Å²) in [5.74, 6) is -0.960. The first-order valence-corrected chi connectivity index (χ1v) is 11.0. The number of rotatable bonds is 3. The third-order valence-corrected chi connectivity index (χ3v) is 8.15. The van der Waals surface area contributed by atoms with Crippen LogP contribution in [0.5, 0.6) is 0 Å². The number of nitrogens with zero attached hydrogens (tertiary/aromatic N) is 2. The molecule has 1 fully saturated rings. The fourth-order valence-corrected chi connectivity index (χ4v) is 6.43.